The van der Waals surface area contributed by atoms with Crippen molar-refractivity contribution in [3.8, 4) is 0 Å². The van der Waals surface area contributed by atoms with Crippen LogP contribution in [0.3, 0.4) is 0 Å². The topological polar surface area (TPSA) is 84.9 Å². The third kappa shape index (κ3) is 2.89. The van der Waals surface area contributed by atoms with Crippen molar-refractivity contribution in [2.75, 3.05) is 13.2 Å². The second-order valence-corrected chi connectivity index (χ2v) is 6.58. The van der Waals surface area contributed by atoms with Gasteiger partial charge in [0.15, 0.2) is 0 Å². The minimum Gasteiger partial charge on any atom is -0.433 e. The molecule has 1 aromatic rings. The normalized spacial score (nSPS) is 28.2. The summed E-state index contributed by atoms with van der Waals surface area (Å²) in [5, 5.41) is 2.88. The van der Waals surface area contributed by atoms with Crippen LogP contribution in [0.4, 0.5) is 0 Å². The van der Waals surface area contributed by atoms with Crippen LogP contribution in [0.2, 0.25) is 0 Å². The molecule has 2 saturated heterocycles. The highest BCUT2D eigenvalue weighted by atomic mass is 16.6. The maximum Gasteiger partial charge on any atom is 0.340 e. The summed E-state index contributed by atoms with van der Waals surface area (Å²) in [5.41, 5.74) is 1.09. The van der Waals surface area contributed by atoms with Gasteiger partial charge in [0.1, 0.15) is 6.04 Å². The first-order valence-electron chi connectivity index (χ1n) is 8.65. The number of likely N-dealkylation sites (tertiary alicyclic amines) is 1. The number of cyclic esters (lactones) is 1. The van der Waals surface area contributed by atoms with Crippen molar-refractivity contribution in [2.45, 2.75) is 44.1 Å². The zero-order valence-corrected chi connectivity index (χ0v) is 13.8. The molecule has 0 radical (unpaired) electrons. The van der Waals surface area contributed by atoms with Gasteiger partial charge >= 0.3 is 5.97 Å². The number of esters is 1. The van der Waals surface area contributed by atoms with Gasteiger partial charge in [-0.2, -0.15) is 0 Å². The van der Waals surface area contributed by atoms with Gasteiger partial charge in [0.2, 0.25) is 18.0 Å². The number of nitrogens with one attached hydrogen (secondary N) is 1. The minimum atomic E-state index is -0.822. The van der Waals surface area contributed by atoms with Crippen LogP contribution in [0.25, 0.3) is 0 Å². The number of hydrogen-bond donors (Lipinski definition) is 1. The van der Waals surface area contributed by atoms with Gasteiger partial charge in [-0.15, -0.1) is 0 Å². The van der Waals surface area contributed by atoms with E-state index >= 15 is 0 Å². The average molecular weight is 344 g/mol. The van der Waals surface area contributed by atoms with Crippen molar-refractivity contribution in [1.82, 2.24) is 10.2 Å². The first-order valence-corrected chi connectivity index (χ1v) is 8.65. The number of nitrogens with zero attached hydrogens (tertiary/aromatic N) is 1. The molecule has 2 amide bonds. The lowest BCUT2D eigenvalue weighted by atomic mass is 10.1. The number of benzene rings is 1. The molecule has 0 aromatic heterocycles. The van der Waals surface area contributed by atoms with Gasteiger partial charge in [0.25, 0.3) is 0 Å². The number of rotatable bonds is 4. The summed E-state index contributed by atoms with van der Waals surface area (Å²) in [6.45, 7) is 1.17. The lowest BCUT2D eigenvalue weighted by molar-refractivity contribution is -0.145. The van der Waals surface area contributed by atoms with E-state index < -0.39 is 18.2 Å². The van der Waals surface area contributed by atoms with Gasteiger partial charge in [0.05, 0.1) is 11.7 Å². The molecule has 0 spiro atoms. The number of carbonyl (C=O) groups excluding carboxylic acids is 3. The van der Waals surface area contributed by atoms with Crippen LogP contribution in [0.5, 0.6) is 0 Å². The van der Waals surface area contributed by atoms with E-state index in [1.165, 1.54) is 4.90 Å². The van der Waals surface area contributed by atoms with Gasteiger partial charge in [-0.3, -0.25) is 14.5 Å². The van der Waals surface area contributed by atoms with Crippen molar-refractivity contribution in [2.24, 2.45) is 0 Å². The molecule has 3 aliphatic rings. The smallest absolute Gasteiger partial charge is 0.340 e. The van der Waals surface area contributed by atoms with E-state index in [0.29, 0.717) is 24.1 Å². The predicted molar refractivity (Wildman–Crippen MR) is 86.5 cm³/mol. The summed E-state index contributed by atoms with van der Waals surface area (Å²) >= 11 is 0. The Morgan fingerprint density at radius 3 is 2.88 bits per heavy atom. The molecular weight excluding hydrogens is 324 g/mol. The summed E-state index contributed by atoms with van der Waals surface area (Å²) in [7, 11) is 0. The van der Waals surface area contributed by atoms with Crippen LogP contribution < -0.4 is 5.32 Å². The Balaban J connectivity index is 1.50. The van der Waals surface area contributed by atoms with Crippen molar-refractivity contribution in [3.63, 3.8) is 0 Å². The lowest BCUT2D eigenvalue weighted by Gasteiger charge is -2.29. The summed E-state index contributed by atoms with van der Waals surface area (Å²) in [5.74, 6) is -0.854. The monoisotopic (exact) mass is 344 g/mol. The molecule has 1 N–H and O–H groups in total. The number of ether oxygens (including phenoxy) is 2. The average Bonchev–Trinajstić information content (AvgIpc) is 3.33. The van der Waals surface area contributed by atoms with Crippen LogP contribution in [-0.4, -0.2) is 48.0 Å². The van der Waals surface area contributed by atoms with Crippen molar-refractivity contribution < 1.29 is 23.9 Å². The van der Waals surface area contributed by atoms with E-state index in [4.69, 9.17) is 9.47 Å². The fourth-order valence-electron chi connectivity index (χ4n) is 3.72. The summed E-state index contributed by atoms with van der Waals surface area (Å²) in [6.07, 6.45) is 1.85. The molecule has 132 valence electrons. The second kappa shape index (κ2) is 6.48. The molecular formula is C18H20N2O5. The molecule has 0 bridgehead atoms. The maximum absolute atomic E-state index is 12.6. The Kier molecular flexibility index (Phi) is 4.17. The summed E-state index contributed by atoms with van der Waals surface area (Å²) in [4.78, 5) is 38.4. The molecule has 3 heterocycles. The highest BCUT2D eigenvalue weighted by molar-refractivity contribution is 5.96. The van der Waals surface area contributed by atoms with Crippen LogP contribution in [0, 0.1) is 0 Å². The number of hydrogen-bond acceptors (Lipinski definition) is 5. The predicted octanol–water partition coefficient (Wildman–Crippen LogP) is 1.14. The van der Waals surface area contributed by atoms with Crippen LogP contribution in [0.15, 0.2) is 24.3 Å². The minimum absolute atomic E-state index is 0.0412. The van der Waals surface area contributed by atoms with E-state index in [2.05, 4.69) is 5.32 Å². The van der Waals surface area contributed by atoms with Crippen LogP contribution in [0.1, 0.15) is 47.8 Å². The van der Waals surface area contributed by atoms with Gasteiger partial charge in [0, 0.05) is 25.1 Å². The van der Waals surface area contributed by atoms with E-state index in [-0.39, 0.29) is 24.3 Å². The molecule has 7 heteroatoms. The van der Waals surface area contributed by atoms with Crippen LogP contribution >= 0.6 is 0 Å². The maximum atomic E-state index is 12.6. The molecule has 1 aromatic carbocycles. The number of carbonyl (C=O) groups is 3. The molecule has 3 aliphatic heterocycles. The molecule has 7 nitrogen and oxygen atoms in total. The standard InChI is InChI=1S/C18H20N2O5/c21-15-8-7-14(16(22)19-10-11-4-3-9-24-11)20(15)17-12-5-1-2-6-13(12)18(23)25-17/h1-2,5-6,11,14,17H,3-4,7-10H2,(H,19,22)/t11-,14-,17+/m1/s1. The third-order valence-corrected chi connectivity index (χ3v) is 5.00. The Hall–Kier alpha value is -2.41. The van der Waals surface area contributed by atoms with Gasteiger partial charge in [-0.05, 0) is 25.3 Å². The number of fused-ring (bicyclic) bond motifs is 1. The van der Waals surface area contributed by atoms with E-state index in [1.54, 1.807) is 24.3 Å². The summed E-state index contributed by atoms with van der Waals surface area (Å²) in [6, 6.07) is 6.35. The zero-order chi connectivity index (χ0) is 17.4. The van der Waals surface area contributed by atoms with E-state index in [1.807, 2.05) is 0 Å². The van der Waals surface area contributed by atoms with E-state index in [9.17, 15) is 14.4 Å². The Bertz CT molecular complexity index is 713. The van der Waals surface area contributed by atoms with Crippen molar-refractivity contribution in [1.29, 1.82) is 0 Å². The van der Waals surface area contributed by atoms with Gasteiger partial charge in [-0.1, -0.05) is 18.2 Å². The zero-order valence-electron chi connectivity index (χ0n) is 13.8. The molecule has 2 fully saturated rings. The fourth-order valence-corrected chi connectivity index (χ4v) is 3.72. The molecule has 3 atom stereocenters. The first kappa shape index (κ1) is 16.1. The molecule has 0 unspecified atom stereocenters. The highest BCUT2D eigenvalue weighted by Gasteiger charge is 2.46. The molecule has 0 aliphatic carbocycles. The molecule has 25 heavy (non-hydrogen) atoms. The quantitative estimate of drug-likeness (QED) is 0.828. The van der Waals surface area contributed by atoms with Gasteiger partial charge < -0.3 is 14.8 Å². The SMILES string of the molecule is O=C1O[C@H](N2C(=O)CC[C@@H]2C(=O)NC[C@H]2CCCO2)c2ccccc21. The highest BCUT2D eigenvalue weighted by Crippen LogP contribution is 2.38. The Labute approximate surface area is 145 Å². The van der Waals surface area contributed by atoms with Gasteiger partial charge in [-0.25, -0.2) is 4.79 Å². The Morgan fingerprint density at radius 1 is 1.24 bits per heavy atom. The molecule has 0 saturated carbocycles. The lowest BCUT2D eigenvalue weighted by Crippen LogP contribution is -2.47. The second-order valence-electron chi connectivity index (χ2n) is 6.58. The largest absolute Gasteiger partial charge is 0.433 e. The first-order chi connectivity index (χ1) is 12.1. The van der Waals surface area contributed by atoms with Crippen molar-refractivity contribution >= 4 is 17.8 Å². The molecule has 4 rings (SSSR count). The Morgan fingerprint density at radius 2 is 2.08 bits per heavy atom. The summed E-state index contributed by atoms with van der Waals surface area (Å²) < 4.78 is 10.9. The van der Waals surface area contributed by atoms with Crippen LogP contribution in [-0.2, 0) is 19.1 Å². The fraction of sp³-hybridized carbons (Fsp3) is 0.500. The third-order valence-electron chi connectivity index (χ3n) is 5.00. The van der Waals surface area contributed by atoms with Crippen molar-refractivity contribution in [3.05, 3.63) is 35.4 Å². The number of amides is 2. The van der Waals surface area contributed by atoms with E-state index in [0.717, 1.165) is 19.4 Å².